The van der Waals surface area contributed by atoms with Crippen LogP contribution < -0.4 is 22.9 Å². The van der Waals surface area contributed by atoms with Crippen LogP contribution in [0.15, 0.2) is 0 Å². The maximum absolute atomic E-state index is 10.0. The van der Waals surface area contributed by atoms with Gasteiger partial charge in [-0.1, -0.05) is 0 Å². The zero-order chi connectivity index (χ0) is 15.7. The molecule has 1 heterocycles. The molecule has 1 aliphatic carbocycles. The van der Waals surface area contributed by atoms with E-state index in [0.717, 1.165) is 0 Å². The van der Waals surface area contributed by atoms with E-state index in [1.807, 2.05) is 0 Å². The first-order chi connectivity index (χ1) is 9.85. The summed E-state index contributed by atoms with van der Waals surface area (Å²) in [4.78, 5) is 0. The second-order valence-corrected chi connectivity index (χ2v) is 5.88. The quantitative estimate of drug-likeness (QED) is 0.272. The van der Waals surface area contributed by atoms with Gasteiger partial charge in [0.1, 0.15) is 12.2 Å². The second-order valence-electron chi connectivity index (χ2n) is 5.88. The molecule has 21 heavy (non-hydrogen) atoms. The SMILES string of the molecule is NC[C@H]1O[C@H](O[C@H]2C[C@@H](O)[C@H](N)C[C@@H]2N)[C@H](O)[C@@H](O)[C@@H]1N. The Balaban J connectivity index is 2.01. The maximum Gasteiger partial charge on any atom is 0.186 e. The lowest BCUT2D eigenvalue weighted by Gasteiger charge is -2.44. The van der Waals surface area contributed by atoms with Gasteiger partial charge in [0.2, 0.25) is 0 Å². The summed E-state index contributed by atoms with van der Waals surface area (Å²) in [6, 6.07) is -1.57. The third-order valence-corrected chi connectivity index (χ3v) is 4.29. The Morgan fingerprint density at radius 1 is 1.00 bits per heavy atom. The van der Waals surface area contributed by atoms with Crippen molar-refractivity contribution in [2.75, 3.05) is 6.54 Å². The summed E-state index contributed by atoms with van der Waals surface area (Å²) in [6.45, 7) is 0.0923. The predicted molar refractivity (Wildman–Crippen MR) is 73.8 cm³/mol. The van der Waals surface area contributed by atoms with Gasteiger partial charge in [0.25, 0.3) is 0 Å². The van der Waals surface area contributed by atoms with Crippen LogP contribution in [0.4, 0.5) is 0 Å². The summed E-state index contributed by atoms with van der Waals surface area (Å²) in [5.41, 5.74) is 23.0. The third-order valence-electron chi connectivity index (χ3n) is 4.29. The fraction of sp³-hybridized carbons (Fsp3) is 1.00. The summed E-state index contributed by atoms with van der Waals surface area (Å²) in [5, 5.41) is 29.7. The molecule has 0 bridgehead atoms. The summed E-state index contributed by atoms with van der Waals surface area (Å²) in [5.74, 6) is 0. The van der Waals surface area contributed by atoms with E-state index in [0.29, 0.717) is 6.42 Å². The number of hydrogen-bond acceptors (Lipinski definition) is 9. The molecule has 0 radical (unpaired) electrons. The number of aliphatic hydroxyl groups excluding tert-OH is 3. The summed E-state index contributed by atoms with van der Waals surface area (Å²) in [6.07, 6.45) is -4.84. The van der Waals surface area contributed by atoms with E-state index in [2.05, 4.69) is 0 Å². The van der Waals surface area contributed by atoms with Gasteiger partial charge in [-0.15, -0.1) is 0 Å². The van der Waals surface area contributed by atoms with Crippen molar-refractivity contribution in [1.82, 2.24) is 0 Å². The van der Waals surface area contributed by atoms with Crippen LogP contribution in [0.5, 0.6) is 0 Å². The van der Waals surface area contributed by atoms with Crippen molar-refractivity contribution in [1.29, 1.82) is 0 Å². The lowest BCUT2D eigenvalue weighted by Crippen LogP contribution is -2.64. The van der Waals surface area contributed by atoms with Gasteiger partial charge in [0.15, 0.2) is 6.29 Å². The summed E-state index contributed by atoms with van der Waals surface area (Å²) in [7, 11) is 0. The van der Waals surface area contributed by atoms with Gasteiger partial charge in [-0.2, -0.15) is 0 Å². The molecule has 1 aliphatic heterocycles. The van der Waals surface area contributed by atoms with Crippen molar-refractivity contribution in [3.05, 3.63) is 0 Å². The normalized spacial score (nSPS) is 51.9. The molecule has 9 heteroatoms. The van der Waals surface area contributed by atoms with E-state index in [4.69, 9.17) is 32.4 Å². The molecule has 9 atom stereocenters. The van der Waals surface area contributed by atoms with Crippen molar-refractivity contribution in [3.8, 4) is 0 Å². The molecule has 11 N–H and O–H groups in total. The van der Waals surface area contributed by atoms with Crippen LogP contribution in [0.25, 0.3) is 0 Å². The Morgan fingerprint density at radius 2 is 1.67 bits per heavy atom. The Labute approximate surface area is 123 Å². The van der Waals surface area contributed by atoms with Crippen LogP contribution in [0, 0.1) is 0 Å². The van der Waals surface area contributed by atoms with Gasteiger partial charge >= 0.3 is 0 Å². The summed E-state index contributed by atoms with van der Waals surface area (Å²) >= 11 is 0. The lowest BCUT2D eigenvalue weighted by atomic mass is 9.87. The fourth-order valence-electron chi connectivity index (χ4n) is 2.82. The van der Waals surface area contributed by atoms with Crippen molar-refractivity contribution in [3.63, 3.8) is 0 Å². The molecule has 0 spiro atoms. The average Bonchev–Trinajstić information content (AvgIpc) is 2.45. The predicted octanol–water partition coefficient (Wildman–Crippen LogP) is -4.09. The molecule has 124 valence electrons. The minimum Gasteiger partial charge on any atom is -0.391 e. The number of nitrogens with two attached hydrogens (primary N) is 4. The summed E-state index contributed by atoms with van der Waals surface area (Å²) < 4.78 is 11.1. The zero-order valence-corrected chi connectivity index (χ0v) is 11.8. The molecule has 2 aliphatic rings. The molecule has 2 fully saturated rings. The van der Waals surface area contributed by atoms with E-state index in [9.17, 15) is 15.3 Å². The molecule has 1 saturated heterocycles. The van der Waals surface area contributed by atoms with Crippen LogP contribution in [0.3, 0.4) is 0 Å². The average molecular weight is 306 g/mol. The topological polar surface area (TPSA) is 183 Å². The molecule has 0 aromatic heterocycles. The highest BCUT2D eigenvalue weighted by molar-refractivity contribution is 4.95. The van der Waals surface area contributed by atoms with Crippen LogP contribution in [-0.4, -0.2) is 76.8 Å². The van der Waals surface area contributed by atoms with Crippen molar-refractivity contribution >= 4 is 0 Å². The Morgan fingerprint density at radius 3 is 2.29 bits per heavy atom. The number of aliphatic hydroxyl groups is 3. The molecule has 0 unspecified atom stereocenters. The Kier molecular flexibility index (Phi) is 5.52. The maximum atomic E-state index is 10.0. The minimum atomic E-state index is -1.30. The van der Waals surface area contributed by atoms with E-state index in [1.54, 1.807) is 0 Å². The van der Waals surface area contributed by atoms with Crippen LogP contribution >= 0.6 is 0 Å². The molecule has 0 aromatic carbocycles. The van der Waals surface area contributed by atoms with Crippen molar-refractivity contribution in [2.45, 2.75) is 67.8 Å². The standard InChI is InChI=1S/C12H26N4O5/c13-3-8-9(16)10(18)11(19)12(21-8)20-7-2-6(17)4(14)1-5(7)15/h4-12,17-19H,1-3,13-16H2/t4-,5+,6-,7+,8-,9-,10+,11-,12+/m1/s1. The lowest BCUT2D eigenvalue weighted by molar-refractivity contribution is -0.289. The third kappa shape index (κ3) is 3.52. The molecule has 1 saturated carbocycles. The van der Waals surface area contributed by atoms with E-state index in [1.165, 1.54) is 0 Å². The first-order valence-corrected chi connectivity index (χ1v) is 7.17. The second kappa shape index (κ2) is 6.82. The van der Waals surface area contributed by atoms with Gasteiger partial charge in [0.05, 0.1) is 24.4 Å². The zero-order valence-electron chi connectivity index (χ0n) is 11.8. The van der Waals surface area contributed by atoms with Gasteiger partial charge < -0.3 is 47.7 Å². The van der Waals surface area contributed by atoms with Gasteiger partial charge in [-0.3, -0.25) is 0 Å². The van der Waals surface area contributed by atoms with E-state index < -0.39 is 48.9 Å². The van der Waals surface area contributed by atoms with Gasteiger partial charge in [-0.25, -0.2) is 0 Å². The van der Waals surface area contributed by atoms with Crippen molar-refractivity contribution in [2.24, 2.45) is 22.9 Å². The fourth-order valence-corrected chi connectivity index (χ4v) is 2.82. The smallest absolute Gasteiger partial charge is 0.186 e. The highest BCUT2D eigenvalue weighted by atomic mass is 16.7. The first kappa shape index (κ1) is 17.0. The monoisotopic (exact) mass is 306 g/mol. The molecule has 9 nitrogen and oxygen atoms in total. The molecule has 2 rings (SSSR count). The van der Waals surface area contributed by atoms with Gasteiger partial charge in [-0.05, 0) is 6.42 Å². The van der Waals surface area contributed by atoms with Crippen LogP contribution in [0.1, 0.15) is 12.8 Å². The minimum absolute atomic E-state index is 0.0923. The number of rotatable bonds is 3. The Bertz CT molecular complexity index is 348. The van der Waals surface area contributed by atoms with Crippen LogP contribution in [-0.2, 0) is 9.47 Å². The number of ether oxygens (including phenoxy) is 2. The van der Waals surface area contributed by atoms with Gasteiger partial charge in [0, 0.05) is 25.0 Å². The number of hydrogen-bond donors (Lipinski definition) is 7. The van der Waals surface area contributed by atoms with E-state index in [-0.39, 0.29) is 19.0 Å². The molecular formula is C12H26N4O5. The van der Waals surface area contributed by atoms with Crippen molar-refractivity contribution < 1.29 is 24.8 Å². The first-order valence-electron chi connectivity index (χ1n) is 7.17. The van der Waals surface area contributed by atoms with Crippen LogP contribution in [0.2, 0.25) is 0 Å². The molecule has 0 aromatic rings. The molecule has 0 amide bonds. The Hall–Kier alpha value is -0.360. The highest BCUT2D eigenvalue weighted by Crippen LogP contribution is 2.26. The molecular weight excluding hydrogens is 280 g/mol. The largest absolute Gasteiger partial charge is 0.391 e. The highest BCUT2D eigenvalue weighted by Gasteiger charge is 2.45. The van der Waals surface area contributed by atoms with E-state index >= 15 is 0 Å².